The number of amides is 3. The Labute approximate surface area is 253 Å². The normalized spacial score (nSPS) is 15.9. The van der Waals surface area contributed by atoms with Gasteiger partial charge in [0.25, 0.3) is 17.6 Å². The summed E-state index contributed by atoms with van der Waals surface area (Å²) in [6, 6.07) is 22.3. The molecule has 0 spiro atoms. The minimum Gasteiger partial charge on any atom is -0.484 e. The van der Waals surface area contributed by atoms with Gasteiger partial charge in [-0.3, -0.25) is 24.1 Å². The van der Waals surface area contributed by atoms with Crippen LogP contribution in [-0.2, 0) is 25.6 Å². The van der Waals surface area contributed by atoms with E-state index in [0.717, 1.165) is 4.90 Å². The predicted molar refractivity (Wildman–Crippen MR) is 157 cm³/mol. The SMILES string of the molecule is CC(C)[C@H]1C(=O)N(CC(=O)N[C@@H](Cc2ccccc2)C(=O)C(F)(F)F)C(c2ccccc2)=CN1C(=O)COc1ccccc1. The van der Waals surface area contributed by atoms with Gasteiger partial charge in [-0.1, -0.05) is 92.7 Å². The van der Waals surface area contributed by atoms with Gasteiger partial charge in [0.15, 0.2) is 6.61 Å². The Balaban J connectivity index is 1.63. The molecule has 2 atom stereocenters. The number of ketones is 1. The van der Waals surface area contributed by atoms with E-state index in [1.165, 1.54) is 11.1 Å². The van der Waals surface area contributed by atoms with Crippen LogP contribution in [0.4, 0.5) is 13.2 Å². The molecule has 0 unspecified atom stereocenters. The number of halogens is 3. The summed E-state index contributed by atoms with van der Waals surface area (Å²) in [5.74, 6) is -4.11. The third-order valence-corrected chi connectivity index (χ3v) is 6.98. The molecule has 4 rings (SSSR count). The molecule has 3 aromatic carbocycles. The second-order valence-electron chi connectivity index (χ2n) is 10.6. The van der Waals surface area contributed by atoms with Crippen molar-refractivity contribution < 1.29 is 37.1 Å². The van der Waals surface area contributed by atoms with Crippen molar-refractivity contribution in [3.05, 3.63) is 108 Å². The molecule has 1 heterocycles. The molecule has 8 nitrogen and oxygen atoms in total. The number of nitrogens with one attached hydrogen (secondary N) is 1. The molecule has 0 saturated heterocycles. The number of hydrogen-bond acceptors (Lipinski definition) is 5. The Morgan fingerprint density at radius 3 is 2.02 bits per heavy atom. The van der Waals surface area contributed by atoms with Crippen LogP contribution in [0.2, 0.25) is 0 Å². The molecule has 1 N–H and O–H groups in total. The van der Waals surface area contributed by atoms with Crippen molar-refractivity contribution in [2.24, 2.45) is 5.92 Å². The molecule has 0 bridgehead atoms. The fourth-order valence-electron chi connectivity index (χ4n) is 4.89. The average Bonchev–Trinajstić information content (AvgIpc) is 3.00. The Morgan fingerprint density at radius 2 is 1.45 bits per heavy atom. The lowest BCUT2D eigenvalue weighted by Crippen LogP contribution is -2.58. The average molecular weight is 608 g/mol. The summed E-state index contributed by atoms with van der Waals surface area (Å²) >= 11 is 0. The number of alkyl halides is 3. The van der Waals surface area contributed by atoms with Gasteiger partial charge in [0, 0.05) is 12.6 Å². The smallest absolute Gasteiger partial charge is 0.452 e. The standard InChI is InChI=1S/C33H32F3N3O5/c1-22(2)30-32(43)38(20-28(40)37-26(31(42)33(34,35)36)18-23-12-6-3-7-13-23)27(24-14-8-4-9-15-24)19-39(30)29(41)21-44-25-16-10-5-11-17-25/h3-17,19,22,26,30H,18,20-21H2,1-2H3,(H,37,40)/t26-,30-/m0/s1. The molecule has 44 heavy (non-hydrogen) atoms. The lowest BCUT2D eigenvalue weighted by atomic mass is 9.97. The Kier molecular flexibility index (Phi) is 10.2. The van der Waals surface area contributed by atoms with Crippen molar-refractivity contribution in [3.63, 3.8) is 0 Å². The number of benzene rings is 3. The van der Waals surface area contributed by atoms with Crippen molar-refractivity contribution in [2.75, 3.05) is 13.2 Å². The maximum absolute atomic E-state index is 14.0. The maximum Gasteiger partial charge on any atom is 0.452 e. The fraction of sp³-hybridized carbons (Fsp3) is 0.273. The zero-order valence-corrected chi connectivity index (χ0v) is 24.2. The number of nitrogens with zero attached hydrogens (tertiary/aromatic N) is 2. The van der Waals surface area contributed by atoms with E-state index in [0.29, 0.717) is 16.9 Å². The molecule has 0 fully saturated rings. The monoisotopic (exact) mass is 607 g/mol. The van der Waals surface area contributed by atoms with E-state index in [1.807, 2.05) is 0 Å². The number of Topliss-reactive ketones (excluding diaryl/α,β-unsaturated/α-hetero) is 1. The topological polar surface area (TPSA) is 96.0 Å². The van der Waals surface area contributed by atoms with Crippen LogP contribution in [0.5, 0.6) is 5.75 Å². The van der Waals surface area contributed by atoms with Crippen molar-refractivity contribution in [2.45, 2.75) is 38.5 Å². The van der Waals surface area contributed by atoms with E-state index in [4.69, 9.17) is 4.74 Å². The Bertz CT molecular complexity index is 1500. The van der Waals surface area contributed by atoms with E-state index in [9.17, 15) is 32.3 Å². The van der Waals surface area contributed by atoms with Gasteiger partial charge < -0.3 is 15.0 Å². The molecule has 0 aromatic heterocycles. The molecule has 1 aliphatic heterocycles. The zero-order valence-electron chi connectivity index (χ0n) is 24.2. The van der Waals surface area contributed by atoms with Gasteiger partial charge >= 0.3 is 6.18 Å². The summed E-state index contributed by atoms with van der Waals surface area (Å²) in [5, 5.41) is 2.20. The van der Waals surface area contributed by atoms with Gasteiger partial charge in [-0.2, -0.15) is 13.2 Å². The molecule has 3 aromatic rings. The van der Waals surface area contributed by atoms with Crippen LogP contribution in [0.15, 0.2) is 97.2 Å². The Morgan fingerprint density at radius 1 is 0.886 bits per heavy atom. The predicted octanol–water partition coefficient (Wildman–Crippen LogP) is 4.62. The van der Waals surface area contributed by atoms with Gasteiger partial charge in [0.1, 0.15) is 24.4 Å². The van der Waals surface area contributed by atoms with Crippen molar-refractivity contribution in [3.8, 4) is 5.75 Å². The van der Waals surface area contributed by atoms with Gasteiger partial charge in [0.2, 0.25) is 5.91 Å². The van der Waals surface area contributed by atoms with Crippen LogP contribution in [0.1, 0.15) is 25.0 Å². The zero-order chi connectivity index (χ0) is 31.9. The molecule has 0 aliphatic carbocycles. The van der Waals surface area contributed by atoms with Crippen LogP contribution >= 0.6 is 0 Å². The first-order valence-electron chi connectivity index (χ1n) is 14.0. The van der Waals surface area contributed by atoms with E-state index >= 15 is 0 Å². The minimum absolute atomic E-state index is 0.192. The number of carbonyl (C=O) groups is 4. The van der Waals surface area contributed by atoms with E-state index in [2.05, 4.69) is 5.32 Å². The summed E-state index contributed by atoms with van der Waals surface area (Å²) in [5.41, 5.74) is 1.10. The summed E-state index contributed by atoms with van der Waals surface area (Å²) in [6.45, 7) is 2.43. The molecule has 0 radical (unpaired) electrons. The molecular weight excluding hydrogens is 575 g/mol. The summed E-state index contributed by atoms with van der Waals surface area (Å²) in [6.07, 6.45) is -4.12. The molecular formula is C33H32F3N3O5. The number of carbonyl (C=O) groups excluding carboxylic acids is 4. The first-order chi connectivity index (χ1) is 21.0. The second-order valence-corrected chi connectivity index (χ2v) is 10.6. The first kappa shape index (κ1) is 32.0. The lowest BCUT2D eigenvalue weighted by molar-refractivity contribution is -0.173. The largest absolute Gasteiger partial charge is 0.484 e. The van der Waals surface area contributed by atoms with Crippen molar-refractivity contribution in [1.29, 1.82) is 0 Å². The summed E-state index contributed by atoms with van der Waals surface area (Å²) in [7, 11) is 0. The number of rotatable bonds is 11. The van der Waals surface area contributed by atoms with Gasteiger partial charge in [-0.05, 0) is 29.2 Å². The molecule has 3 amide bonds. The van der Waals surface area contributed by atoms with E-state index in [1.54, 1.807) is 105 Å². The van der Waals surface area contributed by atoms with E-state index in [-0.39, 0.29) is 12.3 Å². The summed E-state index contributed by atoms with van der Waals surface area (Å²) < 4.78 is 46.0. The second kappa shape index (κ2) is 14.0. The maximum atomic E-state index is 14.0. The highest BCUT2D eigenvalue weighted by Crippen LogP contribution is 2.30. The first-order valence-corrected chi connectivity index (χ1v) is 14.0. The van der Waals surface area contributed by atoms with Crippen LogP contribution in [0, 0.1) is 5.92 Å². The van der Waals surface area contributed by atoms with Gasteiger partial charge in [-0.25, -0.2) is 0 Å². The summed E-state index contributed by atoms with van der Waals surface area (Å²) in [4.78, 5) is 55.3. The highest BCUT2D eigenvalue weighted by atomic mass is 19.4. The third kappa shape index (κ3) is 7.91. The highest BCUT2D eigenvalue weighted by Gasteiger charge is 2.45. The minimum atomic E-state index is -5.19. The van der Waals surface area contributed by atoms with Crippen LogP contribution in [0.25, 0.3) is 5.70 Å². The van der Waals surface area contributed by atoms with Gasteiger partial charge in [0.05, 0.1) is 5.70 Å². The van der Waals surface area contributed by atoms with Crippen LogP contribution in [0.3, 0.4) is 0 Å². The van der Waals surface area contributed by atoms with Crippen LogP contribution < -0.4 is 10.1 Å². The quantitative estimate of drug-likeness (QED) is 0.343. The molecule has 11 heteroatoms. The number of para-hydroxylation sites is 1. The van der Waals surface area contributed by atoms with Gasteiger partial charge in [-0.15, -0.1) is 0 Å². The molecule has 1 aliphatic rings. The fourth-order valence-corrected chi connectivity index (χ4v) is 4.89. The van der Waals surface area contributed by atoms with Crippen molar-refractivity contribution in [1.82, 2.24) is 15.1 Å². The highest BCUT2D eigenvalue weighted by molar-refractivity contribution is 6.00. The lowest BCUT2D eigenvalue weighted by Gasteiger charge is -2.41. The van der Waals surface area contributed by atoms with E-state index < -0.39 is 60.6 Å². The number of ether oxygens (including phenoxy) is 1. The molecule has 0 saturated carbocycles. The third-order valence-electron chi connectivity index (χ3n) is 6.98. The van der Waals surface area contributed by atoms with Crippen LogP contribution in [-0.4, -0.2) is 64.7 Å². The number of hydrogen-bond donors (Lipinski definition) is 1. The Hall–Kier alpha value is -4.93. The van der Waals surface area contributed by atoms with Crippen molar-refractivity contribution >= 4 is 29.2 Å². The molecule has 230 valence electrons.